The molecular formula is C16H27IO. The van der Waals surface area contributed by atoms with E-state index in [0.717, 1.165) is 12.8 Å². The molecule has 1 N–H and O–H groups in total. The van der Waals surface area contributed by atoms with Gasteiger partial charge in [-0.15, -0.1) is 0 Å². The highest BCUT2D eigenvalue weighted by Crippen LogP contribution is 2.06. The highest BCUT2D eigenvalue weighted by atomic mass is 127. The fraction of sp³-hybridized carbons (Fsp3) is 0.500. The molecule has 0 aliphatic carbocycles. The van der Waals surface area contributed by atoms with Gasteiger partial charge in [0.1, 0.15) is 0 Å². The lowest BCUT2D eigenvalue weighted by Crippen LogP contribution is -2.03. The van der Waals surface area contributed by atoms with Gasteiger partial charge in [0.25, 0.3) is 0 Å². The Kier molecular flexibility index (Phi) is 18.5. The minimum absolute atomic E-state index is 0.308. The molecule has 0 saturated heterocycles. The molecular weight excluding hydrogens is 335 g/mol. The van der Waals surface area contributed by atoms with Crippen molar-refractivity contribution in [3.63, 3.8) is 0 Å². The summed E-state index contributed by atoms with van der Waals surface area (Å²) in [6.45, 7) is 8.25. The molecule has 0 spiro atoms. The van der Waals surface area contributed by atoms with E-state index in [9.17, 15) is 5.11 Å². The van der Waals surface area contributed by atoms with Crippen molar-refractivity contribution in [3.8, 4) is 0 Å². The first-order valence-corrected chi connectivity index (χ1v) is 7.98. The van der Waals surface area contributed by atoms with Crippen LogP contribution in [-0.2, 0) is 6.42 Å². The lowest BCUT2D eigenvalue weighted by Gasteiger charge is -2.04. The van der Waals surface area contributed by atoms with Crippen molar-refractivity contribution < 1.29 is 5.11 Å². The van der Waals surface area contributed by atoms with Crippen molar-refractivity contribution in [1.29, 1.82) is 0 Å². The molecule has 1 nitrogen and oxygen atoms in total. The van der Waals surface area contributed by atoms with E-state index in [-0.39, 0.29) is 6.10 Å². The first kappa shape index (κ1) is 20.0. The average Bonchev–Trinajstić information content (AvgIpc) is 2.41. The summed E-state index contributed by atoms with van der Waals surface area (Å²) in [6, 6.07) is 10.2. The maximum Gasteiger partial charge on any atom is 0.0731 e. The van der Waals surface area contributed by atoms with Crippen LogP contribution in [-0.4, -0.2) is 11.2 Å². The summed E-state index contributed by atoms with van der Waals surface area (Å²) >= 11 is 2.12. The zero-order valence-corrected chi connectivity index (χ0v) is 14.2. The number of aliphatic hydroxyl groups excluding tert-OH is 1. The summed E-state index contributed by atoms with van der Waals surface area (Å²) in [4.78, 5) is 0. The van der Waals surface area contributed by atoms with E-state index < -0.39 is 0 Å². The second kappa shape index (κ2) is 16.6. The molecule has 0 fully saturated rings. The molecule has 104 valence electrons. The van der Waals surface area contributed by atoms with Crippen LogP contribution in [0.3, 0.4) is 0 Å². The molecule has 1 atom stereocenters. The van der Waals surface area contributed by atoms with Gasteiger partial charge in [0.15, 0.2) is 0 Å². The Hall–Kier alpha value is -0.350. The zero-order chi connectivity index (χ0) is 14.2. The van der Waals surface area contributed by atoms with E-state index in [1.807, 2.05) is 42.2 Å². The Bertz CT molecular complexity index is 270. The number of benzene rings is 1. The second-order valence-electron chi connectivity index (χ2n) is 3.62. The Labute approximate surface area is 126 Å². The van der Waals surface area contributed by atoms with Crippen LogP contribution in [0.25, 0.3) is 0 Å². The van der Waals surface area contributed by atoms with Gasteiger partial charge in [-0.1, -0.05) is 93.1 Å². The Morgan fingerprint density at radius 2 is 1.67 bits per heavy atom. The Morgan fingerprint density at radius 3 is 2.11 bits per heavy atom. The van der Waals surface area contributed by atoms with E-state index in [1.165, 1.54) is 12.0 Å². The third kappa shape index (κ3) is 13.7. The first-order valence-electron chi connectivity index (χ1n) is 6.73. The number of aryl methyl sites for hydroxylation is 1. The number of halogens is 1. The topological polar surface area (TPSA) is 20.2 Å². The molecule has 0 aromatic heterocycles. The van der Waals surface area contributed by atoms with Gasteiger partial charge in [-0.2, -0.15) is 0 Å². The van der Waals surface area contributed by atoms with Crippen LogP contribution in [0, 0.1) is 0 Å². The number of rotatable bonds is 4. The summed E-state index contributed by atoms with van der Waals surface area (Å²) in [5, 5.41) is 9.42. The molecule has 2 heteroatoms. The van der Waals surface area contributed by atoms with Crippen LogP contribution >= 0.6 is 22.6 Å². The van der Waals surface area contributed by atoms with Crippen molar-refractivity contribution in [2.75, 3.05) is 0 Å². The van der Waals surface area contributed by atoms with Gasteiger partial charge in [0.05, 0.1) is 6.10 Å². The molecule has 1 rings (SSSR count). The summed E-state index contributed by atoms with van der Waals surface area (Å²) in [6.07, 6.45) is 4.48. The summed E-state index contributed by atoms with van der Waals surface area (Å²) < 4.78 is 1.85. The molecule has 0 unspecified atom stereocenters. The molecule has 0 saturated carbocycles. The van der Waals surface area contributed by atoms with E-state index in [4.69, 9.17) is 0 Å². The molecule has 0 bridgehead atoms. The van der Waals surface area contributed by atoms with Crippen LogP contribution < -0.4 is 0 Å². The van der Waals surface area contributed by atoms with Gasteiger partial charge in [-0.25, -0.2) is 0 Å². The van der Waals surface area contributed by atoms with E-state index in [0.29, 0.717) is 0 Å². The lowest BCUT2D eigenvalue weighted by molar-refractivity contribution is 0.213. The fourth-order valence-electron chi connectivity index (χ4n) is 1.14. The summed E-state index contributed by atoms with van der Waals surface area (Å²) in [5.41, 5.74) is 1.28. The Balaban J connectivity index is 0. The highest BCUT2D eigenvalue weighted by molar-refractivity contribution is 14.1. The zero-order valence-electron chi connectivity index (χ0n) is 12.1. The van der Waals surface area contributed by atoms with Gasteiger partial charge in [-0.3, -0.25) is 0 Å². The smallest absolute Gasteiger partial charge is 0.0731 e. The van der Waals surface area contributed by atoms with Crippen LogP contribution in [0.5, 0.6) is 0 Å². The quantitative estimate of drug-likeness (QED) is 0.714. The molecule has 0 aliphatic rings. The lowest BCUT2D eigenvalue weighted by atomic mass is 10.1. The van der Waals surface area contributed by atoms with E-state index >= 15 is 0 Å². The minimum atomic E-state index is -0.308. The minimum Gasteiger partial charge on any atom is -0.389 e. The third-order valence-corrected chi connectivity index (χ3v) is 2.28. The maximum atomic E-state index is 9.42. The van der Waals surface area contributed by atoms with Gasteiger partial charge in [0.2, 0.25) is 0 Å². The average molecular weight is 362 g/mol. The third-order valence-electron chi connectivity index (χ3n) is 1.87. The van der Waals surface area contributed by atoms with E-state index in [2.05, 4.69) is 48.6 Å². The fourth-order valence-corrected chi connectivity index (χ4v) is 1.62. The molecule has 1 aromatic carbocycles. The normalized spacial score (nSPS) is 11.0. The standard InChI is InChI=1S/C11H13IO.C3H8.C2H6/c12-9-8-11(13)7-6-10-4-2-1-3-5-10;1-3-2;1-2/h1-5,8-9,11,13H,6-7H2;3H2,1-2H3;1-2H3/b9-8+;;/t11-;;/m0../s1. The van der Waals surface area contributed by atoms with Crippen molar-refractivity contribution in [2.45, 2.75) is 53.1 Å². The highest BCUT2D eigenvalue weighted by Gasteiger charge is 1.98. The summed E-state index contributed by atoms with van der Waals surface area (Å²) in [5.74, 6) is 0. The van der Waals surface area contributed by atoms with Gasteiger partial charge >= 0.3 is 0 Å². The summed E-state index contributed by atoms with van der Waals surface area (Å²) in [7, 11) is 0. The monoisotopic (exact) mass is 362 g/mol. The number of hydrogen-bond acceptors (Lipinski definition) is 1. The van der Waals surface area contributed by atoms with Gasteiger partial charge < -0.3 is 5.11 Å². The van der Waals surface area contributed by atoms with Crippen molar-refractivity contribution in [3.05, 3.63) is 46.1 Å². The largest absolute Gasteiger partial charge is 0.389 e. The Morgan fingerprint density at radius 1 is 1.17 bits per heavy atom. The second-order valence-corrected chi connectivity index (χ2v) is 4.34. The van der Waals surface area contributed by atoms with E-state index in [1.54, 1.807) is 0 Å². The van der Waals surface area contributed by atoms with Crippen molar-refractivity contribution >= 4 is 22.6 Å². The molecule has 0 aliphatic heterocycles. The molecule has 1 aromatic rings. The van der Waals surface area contributed by atoms with Crippen LogP contribution in [0.15, 0.2) is 40.5 Å². The first-order chi connectivity index (χ1) is 8.74. The van der Waals surface area contributed by atoms with Crippen LogP contribution in [0.1, 0.15) is 46.1 Å². The van der Waals surface area contributed by atoms with Crippen molar-refractivity contribution in [1.82, 2.24) is 0 Å². The molecule has 0 heterocycles. The maximum absolute atomic E-state index is 9.42. The van der Waals surface area contributed by atoms with Crippen molar-refractivity contribution in [2.24, 2.45) is 0 Å². The predicted octanol–water partition coefficient (Wildman–Crippen LogP) is 5.37. The molecule has 0 radical (unpaired) electrons. The molecule has 0 amide bonds. The predicted molar refractivity (Wildman–Crippen MR) is 91.2 cm³/mol. The SMILES string of the molecule is CC.CCC.O[C@H](/C=C/I)CCc1ccccc1. The van der Waals surface area contributed by atoms with Crippen LogP contribution in [0.2, 0.25) is 0 Å². The van der Waals surface area contributed by atoms with Gasteiger partial charge in [0, 0.05) is 0 Å². The van der Waals surface area contributed by atoms with Crippen LogP contribution in [0.4, 0.5) is 0 Å². The molecule has 18 heavy (non-hydrogen) atoms. The number of aliphatic hydroxyl groups is 1. The number of hydrogen-bond donors (Lipinski definition) is 1. The van der Waals surface area contributed by atoms with Gasteiger partial charge in [-0.05, 0) is 22.5 Å².